The van der Waals surface area contributed by atoms with Crippen LogP contribution in [0.3, 0.4) is 0 Å². The van der Waals surface area contributed by atoms with Crippen molar-refractivity contribution >= 4 is 37.2 Å². The first-order valence-electron chi connectivity index (χ1n) is 9.59. The van der Waals surface area contributed by atoms with Gasteiger partial charge in [0.05, 0.1) is 39.0 Å². The molecule has 8 heteroatoms. The zero-order valence-corrected chi connectivity index (χ0v) is 22.6. The van der Waals surface area contributed by atoms with E-state index in [1.807, 2.05) is 48.5 Å². The third kappa shape index (κ3) is 7.97. The average molecular weight is 654 g/mol. The number of nitrogens with zero attached hydrogens (tertiary/aromatic N) is 4. The van der Waals surface area contributed by atoms with Gasteiger partial charge in [0.2, 0.25) is 0 Å². The second-order valence-corrected chi connectivity index (χ2v) is 6.63. The highest BCUT2D eigenvalue weighted by atomic mass is 128. The van der Waals surface area contributed by atoms with Gasteiger partial charge in [-0.1, -0.05) is 59.7 Å². The van der Waals surface area contributed by atoms with E-state index >= 15 is 0 Å². The molecule has 0 spiro atoms. The molecular weight excluding hydrogens is 630 g/mol. The van der Waals surface area contributed by atoms with Gasteiger partial charge in [-0.05, 0) is 13.8 Å². The Morgan fingerprint density at radius 3 is 1.06 bits per heavy atom. The molecule has 0 amide bonds. The fourth-order valence-corrected chi connectivity index (χ4v) is 2.55. The number of aryl methyl sites for hydroxylation is 2. The molecule has 0 atom stereocenters. The van der Waals surface area contributed by atoms with Crippen molar-refractivity contribution in [2.24, 2.45) is 0 Å². The maximum atomic E-state index is 5.00. The summed E-state index contributed by atoms with van der Waals surface area (Å²) in [6.07, 6.45) is 6.68. The maximum Gasteiger partial charge on any atom is 0.159 e. The Labute approximate surface area is 212 Å². The Morgan fingerprint density at radius 1 is 0.531 bits per heavy atom. The Morgan fingerprint density at radius 2 is 0.812 bits per heavy atom. The van der Waals surface area contributed by atoms with Crippen molar-refractivity contribution in [2.75, 3.05) is 14.2 Å². The summed E-state index contributed by atoms with van der Waals surface area (Å²) < 4.78 is 10.00. The van der Waals surface area contributed by atoms with Crippen molar-refractivity contribution < 1.29 is 9.47 Å². The molecule has 4 rings (SSSR count). The molecule has 2 heterocycles. The number of aromatic nitrogens is 4. The van der Waals surface area contributed by atoms with Gasteiger partial charge in [0.1, 0.15) is 0 Å². The van der Waals surface area contributed by atoms with Gasteiger partial charge in [0.25, 0.3) is 0 Å². The van der Waals surface area contributed by atoms with E-state index in [-0.39, 0.29) is 0 Å². The second kappa shape index (κ2) is 13.9. The third-order valence-corrected chi connectivity index (χ3v) is 4.35. The van der Waals surface area contributed by atoms with Crippen molar-refractivity contribution in [2.45, 2.75) is 13.8 Å². The summed E-state index contributed by atoms with van der Waals surface area (Å²) in [5, 5.41) is 0. The molecule has 4 aromatic rings. The predicted octanol–water partition coefficient (Wildman–Crippen LogP) is 6.69. The van der Waals surface area contributed by atoms with E-state index in [0.29, 0.717) is 11.5 Å². The minimum absolute atomic E-state index is 0.672. The zero-order valence-electron chi connectivity index (χ0n) is 18.3. The highest BCUT2D eigenvalue weighted by molar-refractivity contribution is 15.0. The van der Waals surface area contributed by atoms with Gasteiger partial charge < -0.3 is 9.47 Å². The van der Waals surface area contributed by atoms with Crippen LogP contribution < -0.4 is 9.47 Å². The van der Waals surface area contributed by atoms with E-state index in [1.54, 1.807) is 39.0 Å². The smallest absolute Gasteiger partial charge is 0.159 e. The van der Waals surface area contributed by atoms with E-state index < -0.39 is 0 Å². The van der Waals surface area contributed by atoms with E-state index in [1.165, 1.54) is 11.1 Å². The Kier molecular flexibility index (Phi) is 11.3. The molecule has 0 aliphatic heterocycles. The number of hydrogen-bond acceptors (Lipinski definition) is 6. The van der Waals surface area contributed by atoms with Crippen LogP contribution in [-0.4, -0.2) is 34.2 Å². The molecule has 0 saturated heterocycles. The quantitative estimate of drug-likeness (QED) is 0.229. The van der Waals surface area contributed by atoms with Crippen molar-refractivity contribution in [1.29, 1.82) is 0 Å². The summed E-state index contributed by atoms with van der Waals surface area (Å²) in [6, 6.07) is 16.2. The maximum absolute atomic E-state index is 5.00. The van der Waals surface area contributed by atoms with E-state index in [4.69, 9.17) is 9.47 Å². The van der Waals surface area contributed by atoms with Crippen LogP contribution in [0, 0.1) is 13.8 Å². The van der Waals surface area contributed by atoms with Gasteiger partial charge in [0.15, 0.2) is 23.1 Å². The molecule has 2 aromatic heterocycles. The lowest BCUT2D eigenvalue weighted by Crippen LogP contribution is -1.90. The largest absolute Gasteiger partial charge is 0.494 e. The van der Waals surface area contributed by atoms with Crippen LogP contribution in [0.2, 0.25) is 0 Å². The van der Waals surface area contributed by atoms with Crippen molar-refractivity contribution in [3.05, 3.63) is 84.4 Å². The minimum atomic E-state index is 0.672. The SMILES string of the molecule is COc1cnc(-c2ccc(C)cc2)nc1.COc1cnc(-c2ccc(C)cc2)nc1.II. The summed E-state index contributed by atoms with van der Waals surface area (Å²) in [5.74, 6) is 2.78. The normalized spacial score (nSPS) is 9.56. The molecule has 0 aliphatic carbocycles. The van der Waals surface area contributed by atoms with Gasteiger partial charge in [-0.2, -0.15) is 0 Å². The molecule has 0 unspecified atom stereocenters. The first kappa shape index (κ1) is 25.9. The van der Waals surface area contributed by atoms with Gasteiger partial charge in [-0.15, -0.1) is 0 Å². The first-order valence-corrected chi connectivity index (χ1v) is 15.9. The zero-order chi connectivity index (χ0) is 23.3. The topological polar surface area (TPSA) is 70.0 Å². The van der Waals surface area contributed by atoms with Crippen LogP contribution >= 0.6 is 37.2 Å². The van der Waals surface area contributed by atoms with E-state index in [9.17, 15) is 0 Å². The molecule has 0 aliphatic rings. The van der Waals surface area contributed by atoms with E-state index in [2.05, 4.69) is 71.0 Å². The summed E-state index contributed by atoms with van der Waals surface area (Å²) in [7, 11) is 3.20. The van der Waals surface area contributed by atoms with Crippen molar-refractivity contribution in [1.82, 2.24) is 19.9 Å². The van der Waals surface area contributed by atoms with Crippen LogP contribution in [0.25, 0.3) is 22.8 Å². The van der Waals surface area contributed by atoms with Gasteiger partial charge in [0, 0.05) is 48.4 Å². The molecule has 6 nitrogen and oxygen atoms in total. The molecule has 0 radical (unpaired) electrons. The molecule has 0 N–H and O–H groups in total. The number of ether oxygens (including phenoxy) is 2. The minimum Gasteiger partial charge on any atom is -0.494 e. The summed E-state index contributed by atoms with van der Waals surface area (Å²) in [5.41, 5.74) is 4.49. The Bertz CT molecular complexity index is 968. The predicted molar refractivity (Wildman–Crippen MR) is 146 cm³/mol. The number of methoxy groups -OCH3 is 2. The van der Waals surface area contributed by atoms with Crippen molar-refractivity contribution in [3.63, 3.8) is 0 Å². The first-order chi connectivity index (χ1) is 15.6. The van der Waals surface area contributed by atoms with Crippen molar-refractivity contribution in [3.8, 4) is 34.3 Å². The second-order valence-electron chi connectivity index (χ2n) is 6.63. The molecular formula is C24H24I2N4O2. The monoisotopic (exact) mass is 654 g/mol. The van der Waals surface area contributed by atoms with Crippen LogP contribution in [-0.2, 0) is 0 Å². The Hall–Kier alpha value is -2.34. The van der Waals surface area contributed by atoms with Crippen LogP contribution in [0.1, 0.15) is 11.1 Å². The summed E-state index contributed by atoms with van der Waals surface area (Å²) in [4.78, 5) is 16.9. The number of halogens is 2. The highest BCUT2D eigenvalue weighted by Gasteiger charge is 2.01. The van der Waals surface area contributed by atoms with Gasteiger partial charge >= 0.3 is 0 Å². The lowest BCUT2D eigenvalue weighted by Gasteiger charge is -2.01. The summed E-state index contributed by atoms with van der Waals surface area (Å²) >= 11 is 4.24. The highest BCUT2D eigenvalue weighted by Crippen LogP contribution is 2.17. The third-order valence-electron chi connectivity index (χ3n) is 4.35. The number of rotatable bonds is 4. The lowest BCUT2D eigenvalue weighted by atomic mass is 10.1. The Balaban J connectivity index is 0.000000211. The van der Waals surface area contributed by atoms with Gasteiger partial charge in [-0.3, -0.25) is 0 Å². The molecule has 166 valence electrons. The molecule has 32 heavy (non-hydrogen) atoms. The van der Waals surface area contributed by atoms with Crippen LogP contribution in [0.5, 0.6) is 11.5 Å². The number of hydrogen-bond donors (Lipinski definition) is 0. The number of benzene rings is 2. The lowest BCUT2D eigenvalue weighted by molar-refractivity contribution is 0.411. The van der Waals surface area contributed by atoms with Crippen LogP contribution in [0.4, 0.5) is 0 Å². The van der Waals surface area contributed by atoms with Crippen LogP contribution in [0.15, 0.2) is 73.3 Å². The fraction of sp³-hybridized carbons (Fsp3) is 0.167. The molecule has 0 bridgehead atoms. The summed E-state index contributed by atoms with van der Waals surface area (Å²) in [6.45, 7) is 4.11. The van der Waals surface area contributed by atoms with Gasteiger partial charge in [-0.25, -0.2) is 19.9 Å². The molecule has 2 aromatic carbocycles. The molecule has 0 saturated carbocycles. The molecule has 0 fully saturated rings. The standard InChI is InChI=1S/2C12H12N2O.I2/c2*1-9-3-5-10(6-4-9)12-13-7-11(15-2)8-14-12;1-2/h2*3-8H,1-2H3;. The fourth-order valence-electron chi connectivity index (χ4n) is 2.55. The van der Waals surface area contributed by atoms with E-state index in [0.717, 1.165) is 22.8 Å². The average Bonchev–Trinajstić information content (AvgIpc) is 2.87.